The molecule has 0 aliphatic rings. The van der Waals surface area contributed by atoms with Crippen molar-refractivity contribution in [1.29, 1.82) is 0 Å². The zero-order valence-electron chi connectivity index (χ0n) is 10.7. The summed E-state index contributed by atoms with van der Waals surface area (Å²) in [5.74, 6) is 0. The Bertz CT molecular complexity index is 342. The largest absolute Gasteiger partial charge is 0.309 e. The summed E-state index contributed by atoms with van der Waals surface area (Å²) in [6.45, 7) is 9.57. The van der Waals surface area contributed by atoms with Gasteiger partial charge in [-0.3, -0.25) is 0 Å². The van der Waals surface area contributed by atoms with Crippen LogP contribution in [0.4, 0.5) is 0 Å². The molecule has 1 aromatic heterocycles. The summed E-state index contributed by atoms with van der Waals surface area (Å²) in [7, 11) is 0. The maximum atomic E-state index is 4.56. The molecule has 0 fully saturated rings. The fourth-order valence-electron chi connectivity index (χ4n) is 1.66. The molecule has 0 aromatic carbocycles. The highest BCUT2D eigenvalue weighted by atomic mass is 32.1. The third kappa shape index (κ3) is 3.72. The summed E-state index contributed by atoms with van der Waals surface area (Å²) < 4.78 is 0. The summed E-state index contributed by atoms with van der Waals surface area (Å²) in [5.41, 5.74) is 1.19. The third-order valence-corrected chi connectivity index (χ3v) is 4.05. The van der Waals surface area contributed by atoms with Crippen LogP contribution in [-0.2, 0) is 6.42 Å². The summed E-state index contributed by atoms with van der Waals surface area (Å²) in [5, 5.41) is 4.78. The maximum Gasteiger partial charge on any atom is 0.0928 e. The van der Waals surface area contributed by atoms with E-state index >= 15 is 0 Å². The molecule has 2 nitrogen and oxygen atoms in total. The van der Waals surface area contributed by atoms with Crippen LogP contribution < -0.4 is 5.32 Å². The van der Waals surface area contributed by atoms with Crippen molar-refractivity contribution in [1.82, 2.24) is 10.3 Å². The van der Waals surface area contributed by atoms with Crippen LogP contribution in [0.25, 0.3) is 0 Å². The Hall–Kier alpha value is -0.670. The van der Waals surface area contributed by atoms with Crippen LogP contribution in [0, 0.1) is 6.92 Å². The molecule has 1 N–H and O–H groups in total. The Kier molecular flexibility index (Phi) is 5.71. The lowest BCUT2D eigenvalue weighted by Crippen LogP contribution is -2.19. The van der Waals surface area contributed by atoms with Gasteiger partial charge in [-0.15, -0.1) is 11.3 Å². The van der Waals surface area contributed by atoms with Gasteiger partial charge in [-0.2, -0.15) is 0 Å². The lowest BCUT2D eigenvalue weighted by molar-refractivity contribution is 0.585. The third-order valence-electron chi connectivity index (χ3n) is 2.57. The quantitative estimate of drug-likeness (QED) is 0.604. The van der Waals surface area contributed by atoms with E-state index in [1.54, 1.807) is 0 Å². The first-order chi connectivity index (χ1) is 7.69. The van der Waals surface area contributed by atoms with Crippen LogP contribution in [0.2, 0.25) is 0 Å². The first-order valence-corrected chi connectivity index (χ1v) is 6.81. The number of rotatable bonds is 6. The van der Waals surface area contributed by atoms with Crippen molar-refractivity contribution in [2.45, 2.75) is 46.6 Å². The number of allylic oxidation sites excluding steroid dienone is 1. The van der Waals surface area contributed by atoms with Crippen molar-refractivity contribution in [3.8, 4) is 0 Å². The Morgan fingerprint density at radius 3 is 2.81 bits per heavy atom. The molecular formula is C13H22N2S. The SMILES string of the molecule is C/C=C/CCNC(C)c1sc(CC)nc1C. The van der Waals surface area contributed by atoms with Crippen molar-refractivity contribution in [2.75, 3.05) is 6.54 Å². The van der Waals surface area contributed by atoms with Crippen LogP contribution >= 0.6 is 11.3 Å². The molecule has 1 unspecified atom stereocenters. The van der Waals surface area contributed by atoms with Crippen molar-refractivity contribution < 1.29 is 0 Å². The minimum atomic E-state index is 0.419. The fourth-order valence-corrected chi connectivity index (χ4v) is 2.70. The summed E-state index contributed by atoms with van der Waals surface area (Å²) in [4.78, 5) is 5.95. The van der Waals surface area contributed by atoms with E-state index in [4.69, 9.17) is 0 Å². The Balaban J connectivity index is 2.51. The van der Waals surface area contributed by atoms with E-state index in [9.17, 15) is 0 Å². The number of thiazole rings is 1. The molecule has 0 radical (unpaired) electrons. The lowest BCUT2D eigenvalue weighted by atomic mass is 10.2. The number of hydrogen-bond donors (Lipinski definition) is 1. The average molecular weight is 238 g/mol. The van der Waals surface area contributed by atoms with Crippen LogP contribution in [0.15, 0.2) is 12.2 Å². The van der Waals surface area contributed by atoms with Gasteiger partial charge in [0.1, 0.15) is 0 Å². The first-order valence-electron chi connectivity index (χ1n) is 5.99. The number of nitrogens with zero attached hydrogens (tertiary/aromatic N) is 1. The smallest absolute Gasteiger partial charge is 0.0928 e. The van der Waals surface area contributed by atoms with E-state index < -0.39 is 0 Å². The average Bonchev–Trinajstić information content (AvgIpc) is 2.66. The molecule has 16 heavy (non-hydrogen) atoms. The molecule has 0 amide bonds. The molecule has 0 saturated heterocycles. The molecule has 0 saturated carbocycles. The zero-order chi connectivity index (χ0) is 12.0. The standard InChI is InChI=1S/C13H22N2S/c1-5-7-8-9-14-10(3)13-11(4)15-12(6-2)16-13/h5,7,10,14H,6,8-9H2,1-4H3/b7-5+. The zero-order valence-corrected chi connectivity index (χ0v) is 11.5. The number of aryl methyl sites for hydroxylation is 2. The fraction of sp³-hybridized carbons (Fsp3) is 0.615. The maximum absolute atomic E-state index is 4.56. The molecule has 0 aliphatic heterocycles. The van der Waals surface area contributed by atoms with Crippen molar-refractivity contribution in [2.24, 2.45) is 0 Å². The Labute approximate surface area is 103 Å². The van der Waals surface area contributed by atoms with E-state index in [1.165, 1.54) is 15.6 Å². The minimum Gasteiger partial charge on any atom is -0.309 e. The lowest BCUT2D eigenvalue weighted by Gasteiger charge is -2.11. The van der Waals surface area contributed by atoms with Gasteiger partial charge in [0.25, 0.3) is 0 Å². The van der Waals surface area contributed by atoms with Gasteiger partial charge in [-0.05, 0) is 40.2 Å². The van der Waals surface area contributed by atoms with Gasteiger partial charge < -0.3 is 5.32 Å². The number of hydrogen-bond acceptors (Lipinski definition) is 3. The molecule has 1 aromatic rings. The molecule has 90 valence electrons. The normalized spacial score (nSPS) is 13.5. The molecule has 1 atom stereocenters. The summed E-state index contributed by atoms with van der Waals surface area (Å²) in [6.07, 6.45) is 6.42. The van der Waals surface area contributed by atoms with Gasteiger partial charge in [-0.25, -0.2) is 4.98 Å². The Morgan fingerprint density at radius 1 is 1.50 bits per heavy atom. The highest BCUT2D eigenvalue weighted by Gasteiger charge is 2.12. The monoisotopic (exact) mass is 238 g/mol. The van der Waals surface area contributed by atoms with Crippen LogP contribution in [0.1, 0.15) is 48.8 Å². The van der Waals surface area contributed by atoms with E-state index in [-0.39, 0.29) is 0 Å². The highest BCUT2D eigenvalue weighted by molar-refractivity contribution is 7.11. The predicted octanol–water partition coefficient (Wildman–Crippen LogP) is 3.63. The van der Waals surface area contributed by atoms with Gasteiger partial charge in [0.05, 0.1) is 10.7 Å². The summed E-state index contributed by atoms with van der Waals surface area (Å²) in [6, 6.07) is 0.419. The molecule has 1 rings (SSSR count). The predicted molar refractivity (Wildman–Crippen MR) is 72.1 cm³/mol. The van der Waals surface area contributed by atoms with Crippen molar-refractivity contribution in [3.05, 3.63) is 27.7 Å². The second kappa shape index (κ2) is 6.81. The van der Waals surface area contributed by atoms with Crippen molar-refractivity contribution >= 4 is 11.3 Å². The van der Waals surface area contributed by atoms with Gasteiger partial charge in [-0.1, -0.05) is 19.1 Å². The second-order valence-corrected chi connectivity index (χ2v) is 5.06. The van der Waals surface area contributed by atoms with E-state index in [0.29, 0.717) is 6.04 Å². The molecule has 0 spiro atoms. The van der Waals surface area contributed by atoms with Gasteiger partial charge in [0.2, 0.25) is 0 Å². The molecule has 1 heterocycles. The molecule has 0 aliphatic carbocycles. The Morgan fingerprint density at radius 2 is 2.25 bits per heavy atom. The summed E-state index contributed by atoms with van der Waals surface area (Å²) >= 11 is 1.84. The van der Waals surface area contributed by atoms with Gasteiger partial charge >= 0.3 is 0 Å². The minimum absolute atomic E-state index is 0.419. The van der Waals surface area contributed by atoms with E-state index in [0.717, 1.165) is 19.4 Å². The van der Waals surface area contributed by atoms with Crippen LogP contribution in [-0.4, -0.2) is 11.5 Å². The van der Waals surface area contributed by atoms with Crippen LogP contribution in [0.3, 0.4) is 0 Å². The number of aromatic nitrogens is 1. The van der Waals surface area contributed by atoms with E-state index in [2.05, 4.69) is 50.1 Å². The second-order valence-electron chi connectivity index (χ2n) is 3.94. The van der Waals surface area contributed by atoms with Crippen LogP contribution in [0.5, 0.6) is 0 Å². The van der Waals surface area contributed by atoms with Gasteiger partial charge in [0.15, 0.2) is 0 Å². The first kappa shape index (κ1) is 13.4. The van der Waals surface area contributed by atoms with Crippen molar-refractivity contribution in [3.63, 3.8) is 0 Å². The number of nitrogens with one attached hydrogen (secondary N) is 1. The van der Waals surface area contributed by atoms with Gasteiger partial charge in [0, 0.05) is 10.9 Å². The topological polar surface area (TPSA) is 24.9 Å². The highest BCUT2D eigenvalue weighted by Crippen LogP contribution is 2.25. The molecule has 0 bridgehead atoms. The molecule has 3 heteroatoms. The van der Waals surface area contributed by atoms with E-state index in [1.807, 2.05) is 11.3 Å². The molecular weight excluding hydrogens is 216 g/mol.